The summed E-state index contributed by atoms with van der Waals surface area (Å²) in [5, 5.41) is 0.726. The molecule has 2 aliphatic rings. The third kappa shape index (κ3) is 3.48. The summed E-state index contributed by atoms with van der Waals surface area (Å²) in [5.74, 6) is 0.158. The van der Waals surface area contributed by atoms with Crippen molar-refractivity contribution in [1.82, 2.24) is 9.21 Å². The second kappa shape index (κ2) is 7.76. The van der Waals surface area contributed by atoms with Crippen molar-refractivity contribution in [2.24, 2.45) is 0 Å². The van der Waals surface area contributed by atoms with E-state index in [2.05, 4.69) is 0 Å². The normalized spacial score (nSPS) is 19.1. The van der Waals surface area contributed by atoms with Gasteiger partial charge in [-0.2, -0.15) is 4.31 Å². The third-order valence-electron chi connectivity index (χ3n) is 6.44. The van der Waals surface area contributed by atoms with Crippen LogP contribution in [-0.4, -0.2) is 49.7 Å². The average Bonchev–Trinajstić information content (AvgIpc) is 3.24. The van der Waals surface area contributed by atoms with E-state index in [1.165, 1.54) is 0 Å². The molecule has 2 aliphatic heterocycles. The van der Waals surface area contributed by atoms with E-state index in [1.807, 2.05) is 31.7 Å². The van der Waals surface area contributed by atoms with Gasteiger partial charge in [-0.15, -0.1) is 0 Å². The molecule has 0 spiro atoms. The van der Waals surface area contributed by atoms with Crippen molar-refractivity contribution in [3.63, 3.8) is 0 Å². The smallest absolute Gasteiger partial charge is 0.289 e. The van der Waals surface area contributed by atoms with Gasteiger partial charge in [0.15, 0.2) is 11.3 Å². The molecule has 0 saturated carbocycles. The van der Waals surface area contributed by atoms with Crippen LogP contribution in [0.2, 0.25) is 0 Å². The van der Waals surface area contributed by atoms with E-state index >= 15 is 0 Å². The minimum atomic E-state index is -3.66. The summed E-state index contributed by atoms with van der Waals surface area (Å²) < 4.78 is 34.5. The molecule has 7 heteroatoms. The van der Waals surface area contributed by atoms with Crippen molar-refractivity contribution in [3.8, 4) is 0 Å². The molecule has 2 aromatic rings. The molecule has 0 aliphatic carbocycles. The fourth-order valence-corrected chi connectivity index (χ4v) is 6.46. The highest BCUT2D eigenvalue weighted by atomic mass is 32.2. The number of amides is 1. The minimum absolute atomic E-state index is 0.125. The summed E-state index contributed by atoms with van der Waals surface area (Å²) in [7, 11) is -3.66. The van der Waals surface area contributed by atoms with Crippen LogP contribution in [0.25, 0.3) is 11.0 Å². The van der Waals surface area contributed by atoms with Crippen molar-refractivity contribution in [1.29, 1.82) is 0 Å². The highest BCUT2D eigenvalue weighted by Crippen LogP contribution is 2.37. The first-order chi connectivity index (χ1) is 13.8. The number of likely N-dealkylation sites (tertiary alicyclic amines) is 1. The van der Waals surface area contributed by atoms with E-state index in [-0.39, 0.29) is 16.6 Å². The van der Waals surface area contributed by atoms with Gasteiger partial charge in [-0.1, -0.05) is 12.8 Å². The molecule has 6 nitrogen and oxygen atoms in total. The van der Waals surface area contributed by atoms with Crippen molar-refractivity contribution in [2.75, 3.05) is 26.2 Å². The van der Waals surface area contributed by atoms with E-state index in [0.29, 0.717) is 24.2 Å². The lowest BCUT2D eigenvalue weighted by Crippen LogP contribution is -2.31. The number of rotatable bonds is 3. The quantitative estimate of drug-likeness (QED) is 0.750. The van der Waals surface area contributed by atoms with Crippen LogP contribution in [0.3, 0.4) is 0 Å². The average molecular weight is 419 g/mol. The maximum absolute atomic E-state index is 13.4. The predicted octanol–water partition coefficient (Wildman–Crippen LogP) is 4.16. The fraction of sp³-hybridized carbons (Fsp3) is 0.591. The van der Waals surface area contributed by atoms with Gasteiger partial charge in [0, 0.05) is 37.1 Å². The zero-order valence-corrected chi connectivity index (χ0v) is 18.4. The predicted molar refractivity (Wildman–Crippen MR) is 113 cm³/mol. The number of furan rings is 1. The highest BCUT2D eigenvalue weighted by molar-refractivity contribution is 7.89. The van der Waals surface area contributed by atoms with Crippen molar-refractivity contribution in [3.05, 3.63) is 28.5 Å². The van der Waals surface area contributed by atoms with Crippen LogP contribution in [0.1, 0.15) is 65.8 Å². The van der Waals surface area contributed by atoms with Crippen LogP contribution in [0.4, 0.5) is 0 Å². The first-order valence-corrected chi connectivity index (χ1v) is 12.1. The lowest BCUT2D eigenvalue weighted by atomic mass is 10.0. The van der Waals surface area contributed by atoms with Crippen LogP contribution >= 0.6 is 0 Å². The minimum Gasteiger partial charge on any atom is -0.449 e. The molecule has 4 rings (SSSR count). The number of benzene rings is 1. The molecule has 1 aromatic heterocycles. The summed E-state index contributed by atoms with van der Waals surface area (Å²) in [6, 6.07) is 1.95. The molecule has 0 unspecified atom stereocenters. The molecule has 29 heavy (non-hydrogen) atoms. The van der Waals surface area contributed by atoms with E-state index < -0.39 is 10.0 Å². The van der Waals surface area contributed by atoms with Crippen molar-refractivity contribution < 1.29 is 17.6 Å². The Morgan fingerprint density at radius 1 is 0.897 bits per heavy atom. The Morgan fingerprint density at radius 2 is 1.48 bits per heavy atom. The Labute approximate surface area is 172 Å². The summed E-state index contributed by atoms with van der Waals surface area (Å²) in [6.07, 6.45) is 6.03. The van der Waals surface area contributed by atoms with Crippen LogP contribution in [0.5, 0.6) is 0 Å². The summed E-state index contributed by atoms with van der Waals surface area (Å²) >= 11 is 0. The lowest BCUT2D eigenvalue weighted by Gasteiger charge is -2.19. The largest absolute Gasteiger partial charge is 0.449 e. The van der Waals surface area contributed by atoms with E-state index in [9.17, 15) is 13.2 Å². The van der Waals surface area contributed by atoms with E-state index in [1.54, 1.807) is 4.31 Å². The van der Waals surface area contributed by atoms with Gasteiger partial charge in [0.2, 0.25) is 10.0 Å². The topological polar surface area (TPSA) is 70.8 Å². The molecule has 2 fully saturated rings. The Hall–Kier alpha value is -1.86. The molecule has 158 valence electrons. The van der Waals surface area contributed by atoms with Gasteiger partial charge in [0.25, 0.3) is 5.91 Å². The molecule has 0 radical (unpaired) electrons. The summed E-state index contributed by atoms with van der Waals surface area (Å²) in [5.41, 5.74) is 2.66. The first-order valence-electron chi connectivity index (χ1n) is 10.6. The van der Waals surface area contributed by atoms with E-state index in [0.717, 1.165) is 68.1 Å². The molecule has 0 bridgehead atoms. The second-order valence-electron chi connectivity index (χ2n) is 8.40. The standard InChI is InChI=1S/C22H30N2O4S/c1-15-14-18-17(3)19(22(25)23-10-6-4-5-7-11-23)28-20(18)21(16(15)2)29(26,27)24-12-8-9-13-24/h14H,4-13H2,1-3H3. The van der Waals surface area contributed by atoms with Crippen molar-refractivity contribution in [2.45, 2.75) is 64.2 Å². The zero-order chi connectivity index (χ0) is 20.8. The third-order valence-corrected chi connectivity index (χ3v) is 8.50. The number of carbonyl (C=O) groups is 1. The van der Waals surface area contributed by atoms with Gasteiger partial charge in [0.1, 0.15) is 4.90 Å². The van der Waals surface area contributed by atoms with Crippen LogP contribution < -0.4 is 0 Å². The number of fused-ring (bicyclic) bond motifs is 1. The Bertz CT molecular complexity index is 1040. The van der Waals surface area contributed by atoms with E-state index in [4.69, 9.17) is 4.42 Å². The summed E-state index contributed by atoms with van der Waals surface area (Å²) in [6.45, 7) is 8.13. The summed E-state index contributed by atoms with van der Waals surface area (Å²) in [4.78, 5) is 15.3. The van der Waals surface area contributed by atoms with Gasteiger partial charge in [-0.25, -0.2) is 8.42 Å². The van der Waals surface area contributed by atoms with Crippen molar-refractivity contribution >= 4 is 26.9 Å². The molecule has 0 atom stereocenters. The number of hydrogen-bond donors (Lipinski definition) is 0. The Balaban J connectivity index is 1.86. The molecular weight excluding hydrogens is 388 g/mol. The van der Waals surface area contributed by atoms with Gasteiger partial charge in [-0.05, 0) is 63.6 Å². The molecular formula is C22H30N2O4S. The van der Waals surface area contributed by atoms with Gasteiger partial charge >= 0.3 is 0 Å². The number of aryl methyl sites for hydroxylation is 2. The monoisotopic (exact) mass is 418 g/mol. The van der Waals surface area contributed by atoms with Crippen LogP contribution in [0, 0.1) is 20.8 Å². The molecule has 1 amide bonds. The Kier molecular flexibility index (Phi) is 5.46. The first kappa shape index (κ1) is 20.4. The van der Waals surface area contributed by atoms with Gasteiger partial charge in [0.05, 0.1) is 0 Å². The number of sulfonamides is 1. The molecule has 3 heterocycles. The fourth-order valence-electron chi connectivity index (χ4n) is 4.53. The molecule has 1 aromatic carbocycles. The van der Waals surface area contributed by atoms with Gasteiger partial charge in [-0.3, -0.25) is 4.79 Å². The number of carbonyl (C=O) groups excluding carboxylic acids is 1. The molecule has 2 saturated heterocycles. The number of nitrogens with zero attached hydrogens (tertiary/aromatic N) is 2. The van der Waals surface area contributed by atoms with Gasteiger partial charge < -0.3 is 9.32 Å². The number of hydrogen-bond acceptors (Lipinski definition) is 4. The zero-order valence-electron chi connectivity index (χ0n) is 17.6. The highest BCUT2D eigenvalue weighted by Gasteiger charge is 2.34. The maximum Gasteiger partial charge on any atom is 0.289 e. The SMILES string of the molecule is Cc1cc2c(C)c(C(=O)N3CCCCCC3)oc2c(S(=O)(=O)N2CCCC2)c1C. The van der Waals surface area contributed by atoms with Crippen LogP contribution in [-0.2, 0) is 10.0 Å². The molecule has 0 N–H and O–H groups in total. The maximum atomic E-state index is 13.4. The second-order valence-corrected chi connectivity index (χ2v) is 10.3. The van der Waals surface area contributed by atoms with Crippen LogP contribution in [0.15, 0.2) is 15.4 Å². The lowest BCUT2D eigenvalue weighted by molar-refractivity contribution is 0.0731. The Morgan fingerprint density at radius 3 is 2.10 bits per heavy atom.